The van der Waals surface area contributed by atoms with Crippen LogP contribution >= 0.6 is 23.2 Å². The molecule has 4 aromatic rings. The number of benzene rings is 3. The lowest BCUT2D eigenvalue weighted by atomic mass is 9.90. The van der Waals surface area contributed by atoms with Gasteiger partial charge in [0.2, 0.25) is 5.91 Å². The molecule has 0 spiro atoms. The fraction of sp³-hybridized carbons (Fsp3) is 0.111. The Labute approximate surface area is 222 Å². The molecule has 0 aliphatic carbocycles. The van der Waals surface area contributed by atoms with Crippen molar-refractivity contribution in [3.05, 3.63) is 100 Å². The molecule has 0 fully saturated rings. The molecule has 1 aromatic heterocycles. The third-order valence-corrected chi connectivity index (χ3v) is 6.50. The Morgan fingerprint density at radius 2 is 1.70 bits per heavy atom. The molecule has 0 radical (unpaired) electrons. The number of carbonyl (C=O) groups excluding carboxylic acids is 3. The highest BCUT2D eigenvalue weighted by Crippen LogP contribution is 2.31. The molecule has 0 saturated heterocycles. The molecule has 8 nitrogen and oxygen atoms in total. The predicted octanol–water partition coefficient (Wildman–Crippen LogP) is 4.69. The van der Waals surface area contributed by atoms with Gasteiger partial charge in [-0.2, -0.15) is 0 Å². The number of ether oxygens (including phenoxy) is 1. The standard InChI is InChI=1S/C27H22Cl2N4O4/c1-27(18-8-11-21(28)22(29)12-18,26(36)32-23-14-31-13-17-4-2-3-5-20(17)23)33-24(34)15-37-19-9-6-16(7-10-19)25(30)35/h2-14H,15H2,1H3,(H2,30,35)(H,32,36)(H,33,34). The minimum absolute atomic E-state index is 0.227. The summed E-state index contributed by atoms with van der Waals surface area (Å²) in [7, 11) is 0. The highest BCUT2D eigenvalue weighted by Gasteiger charge is 2.38. The van der Waals surface area contributed by atoms with E-state index in [9.17, 15) is 14.4 Å². The number of nitrogens with zero attached hydrogens (tertiary/aromatic N) is 1. The quantitative estimate of drug-likeness (QED) is 0.301. The van der Waals surface area contributed by atoms with Crippen molar-refractivity contribution in [1.29, 1.82) is 0 Å². The topological polar surface area (TPSA) is 123 Å². The maximum atomic E-state index is 13.7. The van der Waals surface area contributed by atoms with Gasteiger partial charge in [0, 0.05) is 22.5 Å². The van der Waals surface area contributed by atoms with Crippen LogP contribution < -0.4 is 21.1 Å². The van der Waals surface area contributed by atoms with Gasteiger partial charge >= 0.3 is 0 Å². The minimum Gasteiger partial charge on any atom is -0.484 e. The average molecular weight is 537 g/mol. The molecule has 0 aliphatic rings. The van der Waals surface area contributed by atoms with Gasteiger partial charge in [-0.3, -0.25) is 19.4 Å². The zero-order valence-corrected chi connectivity index (χ0v) is 21.1. The van der Waals surface area contributed by atoms with Crippen molar-refractivity contribution in [3.63, 3.8) is 0 Å². The number of hydrogen-bond donors (Lipinski definition) is 3. The van der Waals surface area contributed by atoms with Crippen LogP contribution in [0.2, 0.25) is 10.0 Å². The molecule has 10 heteroatoms. The van der Waals surface area contributed by atoms with Crippen LogP contribution in [0.5, 0.6) is 5.75 Å². The monoisotopic (exact) mass is 536 g/mol. The van der Waals surface area contributed by atoms with Crippen LogP contribution in [-0.2, 0) is 15.1 Å². The summed E-state index contributed by atoms with van der Waals surface area (Å²) in [6.07, 6.45) is 3.23. The number of primary amides is 1. The van der Waals surface area contributed by atoms with Crippen molar-refractivity contribution in [2.24, 2.45) is 5.73 Å². The first-order valence-electron chi connectivity index (χ1n) is 11.1. The van der Waals surface area contributed by atoms with E-state index in [2.05, 4.69) is 15.6 Å². The maximum Gasteiger partial charge on any atom is 0.259 e. The van der Waals surface area contributed by atoms with Crippen molar-refractivity contribution in [3.8, 4) is 5.75 Å². The van der Waals surface area contributed by atoms with Crippen LogP contribution in [0.25, 0.3) is 10.8 Å². The van der Waals surface area contributed by atoms with Gasteiger partial charge in [0.1, 0.15) is 11.3 Å². The van der Waals surface area contributed by atoms with Crippen LogP contribution in [0, 0.1) is 0 Å². The summed E-state index contributed by atoms with van der Waals surface area (Å²) in [5.74, 6) is -1.32. The van der Waals surface area contributed by atoms with Crippen LogP contribution in [0.3, 0.4) is 0 Å². The molecular weight excluding hydrogens is 515 g/mol. The van der Waals surface area contributed by atoms with E-state index in [0.717, 1.165) is 10.8 Å². The summed E-state index contributed by atoms with van der Waals surface area (Å²) < 4.78 is 5.53. The number of fused-ring (bicyclic) bond motifs is 1. The van der Waals surface area contributed by atoms with Crippen LogP contribution in [-0.4, -0.2) is 29.3 Å². The zero-order valence-electron chi connectivity index (χ0n) is 19.6. The highest BCUT2D eigenvalue weighted by molar-refractivity contribution is 6.42. The van der Waals surface area contributed by atoms with Crippen LogP contribution in [0.1, 0.15) is 22.8 Å². The third-order valence-electron chi connectivity index (χ3n) is 5.77. The number of amides is 3. The Morgan fingerprint density at radius 3 is 2.41 bits per heavy atom. The lowest BCUT2D eigenvalue weighted by molar-refractivity contribution is -0.131. The molecular formula is C27H22Cl2N4O4. The number of carbonyl (C=O) groups is 3. The van der Waals surface area contributed by atoms with Crippen LogP contribution in [0.4, 0.5) is 5.69 Å². The van der Waals surface area contributed by atoms with Gasteiger partial charge in [0.05, 0.1) is 21.9 Å². The number of anilines is 1. The number of pyridine rings is 1. The van der Waals surface area contributed by atoms with Gasteiger partial charge in [-0.1, -0.05) is 53.5 Å². The lowest BCUT2D eigenvalue weighted by Gasteiger charge is -2.30. The lowest BCUT2D eigenvalue weighted by Crippen LogP contribution is -2.53. The van der Waals surface area contributed by atoms with E-state index in [4.69, 9.17) is 33.7 Å². The second kappa shape index (κ2) is 10.9. The molecule has 37 heavy (non-hydrogen) atoms. The second-order valence-electron chi connectivity index (χ2n) is 8.34. The van der Waals surface area contributed by atoms with E-state index in [0.29, 0.717) is 27.6 Å². The van der Waals surface area contributed by atoms with E-state index < -0.39 is 29.9 Å². The van der Waals surface area contributed by atoms with E-state index in [1.165, 1.54) is 36.5 Å². The summed E-state index contributed by atoms with van der Waals surface area (Å²) >= 11 is 12.3. The minimum atomic E-state index is -1.55. The van der Waals surface area contributed by atoms with Crippen molar-refractivity contribution in [2.45, 2.75) is 12.5 Å². The Hall–Kier alpha value is -4.14. The van der Waals surface area contributed by atoms with E-state index >= 15 is 0 Å². The Balaban J connectivity index is 1.59. The second-order valence-corrected chi connectivity index (χ2v) is 9.16. The third kappa shape index (κ3) is 5.82. The molecule has 0 aliphatic heterocycles. The fourth-order valence-electron chi connectivity index (χ4n) is 3.71. The summed E-state index contributed by atoms with van der Waals surface area (Å²) in [6.45, 7) is 1.16. The fourth-order valence-corrected chi connectivity index (χ4v) is 4.01. The number of rotatable bonds is 8. The number of nitrogens with one attached hydrogen (secondary N) is 2. The Bertz CT molecular complexity index is 1490. The molecule has 1 unspecified atom stereocenters. The summed E-state index contributed by atoms with van der Waals surface area (Å²) in [5.41, 5.74) is 4.89. The molecule has 3 aromatic carbocycles. The predicted molar refractivity (Wildman–Crippen MR) is 143 cm³/mol. The van der Waals surface area contributed by atoms with Crippen molar-refractivity contribution >= 4 is 57.4 Å². The average Bonchev–Trinajstić information content (AvgIpc) is 2.89. The van der Waals surface area contributed by atoms with Crippen LogP contribution in [0.15, 0.2) is 79.1 Å². The summed E-state index contributed by atoms with van der Waals surface area (Å²) in [4.78, 5) is 42.0. The first-order chi connectivity index (χ1) is 17.7. The van der Waals surface area contributed by atoms with Gasteiger partial charge in [-0.05, 0) is 48.9 Å². The van der Waals surface area contributed by atoms with Crippen molar-refractivity contribution in [1.82, 2.24) is 10.3 Å². The Kier molecular flexibility index (Phi) is 7.61. The molecule has 188 valence electrons. The first kappa shape index (κ1) is 25.9. The maximum absolute atomic E-state index is 13.7. The Morgan fingerprint density at radius 1 is 0.973 bits per heavy atom. The van der Waals surface area contributed by atoms with Gasteiger partial charge in [-0.15, -0.1) is 0 Å². The van der Waals surface area contributed by atoms with Gasteiger partial charge in [-0.25, -0.2) is 0 Å². The molecule has 0 bridgehead atoms. The van der Waals surface area contributed by atoms with Gasteiger partial charge < -0.3 is 21.1 Å². The summed E-state index contributed by atoms with van der Waals surface area (Å²) in [6, 6.07) is 18.2. The molecule has 4 N–H and O–H groups in total. The number of hydrogen-bond acceptors (Lipinski definition) is 5. The molecule has 3 amide bonds. The molecule has 4 rings (SSSR count). The van der Waals surface area contributed by atoms with E-state index in [-0.39, 0.29) is 5.02 Å². The van der Waals surface area contributed by atoms with Crippen molar-refractivity contribution in [2.75, 3.05) is 11.9 Å². The first-order valence-corrected chi connectivity index (χ1v) is 11.9. The van der Waals surface area contributed by atoms with Gasteiger partial charge in [0.15, 0.2) is 6.61 Å². The van der Waals surface area contributed by atoms with Crippen molar-refractivity contribution < 1.29 is 19.1 Å². The summed E-state index contributed by atoms with van der Waals surface area (Å²) in [5, 5.41) is 7.79. The highest BCUT2D eigenvalue weighted by atomic mass is 35.5. The number of nitrogens with two attached hydrogens (primary N) is 1. The van der Waals surface area contributed by atoms with Gasteiger partial charge in [0.25, 0.3) is 11.8 Å². The largest absolute Gasteiger partial charge is 0.484 e. The van der Waals surface area contributed by atoms with E-state index in [1.54, 1.807) is 25.3 Å². The number of aromatic nitrogens is 1. The molecule has 1 atom stereocenters. The smallest absolute Gasteiger partial charge is 0.259 e. The SMILES string of the molecule is CC(NC(=O)COc1ccc(C(N)=O)cc1)(C(=O)Nc1cncc2ccccc12)c1ccc(Cl)c(Cl)c1. The van der Waals surface area contributed by atoms with E-state index in [1.807, 2.05) is 24.3 Å². The normalized spacial score (nSPS) is 12.4. The zero-order chi connectivity index (χ0) is 26.6. The number of halogens is 2. The molecule has 0 saturated carbocycles. The molecule has 1 heterocycles.